The van der Waals surface area contributed by atoms with Gasteiger partial charge < -0.3 is 9.72 Å². The SMILES string of the molecule is O=C(N=C1CCCc2[nH]c(=O)ccc21)C1CCOC1. The van der Waals surface area contributed by atoms with E-state index in [-0.39, 0.29) is 17.4 Å². The number of aromatic amines is 1. The maximum Gasteiger partial charge on any atom is 0.251 e. The van der Waals surface area contributed by atoms with Gasteiger partial charge in [-0.1, -0.05) is 0 Å². The molecular formula is C14H16N2O3. The molecule has 1 N–H and O–H groups in total. The number of fused-ring (bicyclic) bond motifs is 1. The van der Waals surface area contributed by atoms with E-state index in [2.05, 4.69) is 9.98 Å². The van der Waals surface area contributed by atoms with Crippen molar-refractivity contribution in [2.75, 3.05) is 13.2 Å². The topological polar surface area (TPSA) is 71.5 Å². The molecule has 2 heterocycles. The van der Waals surface area contributed by atoms with Crippen molar-refractivity contribution >= 4 is 11.6 Å². The molecule has 1 saturated heterocycles. The molecule has 1 amide bonds. The minimum Gasteiger partial charge on any atom is -0.381 e. The van der Waals surface area contributed by atoms with Gasteiger partial charge in [-0.3, -0.25) is 9.59 Å². The highest BCUT2D eigenvalue weighted by molar-refractivity contribution is 6.08. The monoisotopic (exact) mass is 260 g/mol. The molecule has 1 fully saturated rings. The second kappa shape index (κ2) is 5.09. The number of H-pyrrole nitrogens is 1. The molecule has 3 rings (SSSR count). The number of carbonyl (C=O) groups is 1. The molecule has 1 aliphatic heterocycles. The fourth-order valence-corrected chi connectivity index (χ4v) is 2.62. The third kappa shape index (κ3) is 2.51. The van der Waals surface area contributed by atoms with Crippen molar-refractivity contribution in [1.29, 1.82) is 0 Å². The van der Waals surface area contributed by atoms with Gasteiger partial charge in [0, 0.05) is 23.9 Å². The Morgan fingerprint density at radius 1 is 1.37 bits per heavy atom. The van der Waals surface area contributed by atoms with E-state index in [0.29, 0.717) is 13.2 Å². The lowest BCUT2D eigenvalue weighted by Crippen LogP contribution is -2.21. The molecule has 100 valence electrons. The van der Waals surface area contributed by atoms with Gasteiger partial charge in [-0.2, -0.15) is 0 Å². The molecule has 1 unspecified atom stereocenters. The molecule has 0 spiro atoms. The second-order valence-corrected chi connectivity index (χ2v) is 5.03. The zero-order valence-electron chi connectivity index (χ0n) is 10.6. The van der Waals surface area contributed by atoms with Gasteiger partial charge in [0.1, 0.15) is 0 Å². The Morgan fingerprint density at radius 3 is 3.05 bits per heavy atom. The number of carbonyl (C=O) groups excluding carboxylic acids is 1. The molecule has 0 bridgehead atoms. The maximum atomic E-state index is 12.1. The number of aromatic nitrogens is 1. The van der Waals surface area contributed by atoms with Crippen LogP contribution in [-0.4, -0.2) is 29.8 Å². The Labute approximate surface area is 110 Å². The number of amides is 1. The predicted octanol–water partition coefficient (Wildman–Crippen LogP) is 1.06. The molecule has 5 nitrogen and oxygen atoms in total. The molecular weight excluding hydrogens is 244 g/mol. The van der Waals surface area contributed by atoms with E-state index >= 15 is 0 Å². The molecule has 1 aromatic rings. The van der Waals surface area contributed by atoms with E-state index in [1.165, 1.54) is 6.07 Å². The van der Waals surface area contributed by atoms with Crippen LogP contribution in [0.1, 0.15) is 30.5 Å². The Hall–Kier alpha value is -1.75. The number of nitrogens with zero attached hydrogens (tertiary/aromatic N) is 1. The summed E-state index contributed by atoms with van der Waals surface area (Å²) in [4.78, 5) is 30.4. The van der Waals surface area contributed by atoms with E-state index in [1.54, 1.807) is 6.07 Å². The number of aliphatic imine (C=N–C) groups is 1. The molecule has 1 atom stereocenters. The lowest BCUT2D eigenvalue weighted by Gasteiger charge is -2.17. The maximum absolute atomic E-state index is 12.1. The summed E-state index contributed by atoms with van der Waals surface area (Å²) in [6, 6.07) is 3.26. The summed E-state index contributed by atoms with van der Waals surface area (Å²) in [5.74, 6) is -0.188. The molecule has 2 aliphatic rings. The Bertz CT molecular complexity index is 583. The lowest BCUT2D eigenvalue weighted by atomic mass is 9.94. The van der Waals surface area contributed by atoms with E-state index < -0.39 is 0 Å². The average Bonchev–Trinajstić information content (AvgIpc) is 2.92. The Balaban J connectivity index is 1.90. The molecule has 1 aromatic heterocycles. The fraction of sp³-hybridized carbons (Fsp3) is 0.500. The molecule has 0 radical (unpaired) electrons. The van der Waals surface area contributed by atoms with Crippen LogP contribution in [0.2, 0.25) is 0 Å². The molecule has 0 aromatic carbocycles. The van der Waals surface area contributed by atoms with Crippen LogP contribution in [0, 0.1) is 5.92 Å². The highest BCUT2D eigenvalue weighted by atomic mass is 16.5. The third-order valence-corrected chi connectivity index (χ3v) is 3.68. The Morgan fingerprint density at radius 2 is 2.26 bits per heavy atom. The summed E-state index contributed by atoms with van der Waals surface area (Å²) < 4.78 is 5.22. The van der Waals surface area contributed by atoms with Crippen LogP contribution in [0.15, 0.2) is 21.9 Å². The van der Waals surface area contributed by atoms with E-state index in [4.69, 9.17) is 4.74 Å². The number of ether oxygens (including phenoxy) is 1. The first kappa shape index (κ1) is 12.3. The highest BCUT2D eigenvalue weighted by Gasteiger charge is 2.25. The standard InChI is InChI=1S/C14H16N2O3/c17-13-5-4-10-11(15-13)2-1-3-12(10)16-14(18)9-6-7-19-8-9/h4-5,9H,1-3,6-8H2,(H,15,17). The van der Waals surface area contributed by atoms with Crippen molar-refractivity contribution < 1.29 is 9.53 Å². The van der Waals surface area contributed by atoms with E-state index in [1.807, 2.05) is 0 Å². The largest absolute Gasteiger partial charge is 0.381 e. The number of pyridine rings is 1. The number of rotatable bonds is 1. The fourth-order valence-electron chi connectivity index (χ4n) is 2.62. The van der Waals surface area contributed by atoms with Crippen LogP contribution >= 0.6 is 0 Å². The van der Waals surface area contributed by atoms with Gasteiger partial charge in [-0.05, 0) is 31.7 Å². The summed E-state index contributed by atoms with van der Waals surface area (Å²) in [6.45, 7) is 1.12. The first-order chi connectivity index (χ1) is 9.24. The van der Waals surface area contributed by atoms with Crippen molar-refractivity contribution in [2.24, 2.45) is 10.9 Å². The summed E-state index contributed by atoms with van der Waals surface area (Å²) in [5, 5.41) is 0. The molecule has 0 saturated carbocycles. The van der Waals surface area contributed by atoms with Crippen LogP contribution < -0.4 is 5.56 Å². The van der Waals surface area contributed by atoms with Gasteiger partial charge in [0.05, 0.1) is 18.2 Å². The van der Waals surface area contributed by atoms with Gasteiger partial charge in [0.25, 0.3) is 5.91 Å². The van der Waals surface area contributed by atoms with Gasteiger partial charge in [-0.25, -0.2) is 4.99 Å². The van der Waals surface area contributed by atoms with Gasteiger partial charge in [0.15, 0.2) is 0 Å². The first-order valence-corrected chi connectivity index (χ1v) is 6.66. The quantitative estimate of drug-likeness (QED) is 0.820. The molecule has 5 heteroatoms. The number of hydrogen-bond acceptors (Lipinski definition) is 3. The number of hydrogen-bond donors (Lipinski definition) is 1. The van der Waals surface area contributed by atoms with Crippen LogP contribution in [0.5, 0.6) is 0 Å². The normalized spacial score (nSPS) is 24.4. The van der Waals surface area contributed by atoms with Gasteiger partial charge in [0.2, 0.25) is 5.56 Å². The van der Waals surface area contributed by atoms with Gasteiger partial charge in [-0.15, -0.1) is 0 Å². The highest BCUT2D eigenvalue weighted by Crippen LogP contribution is 2.21. The zero-order chi connectivity index (χ0) is 13.2. The van der Waals surface area contributed by atoms with Crippen molar-refractivity contribution in [3.63, 3.8) is 0 Å². The zero-order valence-corrected chi connectivity index (χ0v) is 10.6. The van der Waals surface area contributed by atoms with E-state index in [0.717, 1.165) is 42.7 Å². The van der Waals surface area contributed by atoms with Crippen LogP contribution in [0.4, 0.5) is 0 Å². The first-order valence-electron chi connectivity index (χ1n) is 6.66. The Kier molecular flexibility index (Phi) is 3.29. The minimum absolute atomic E-state index is 0.0912. The second-order valence-electron chi connectivity index (χ2n) is 5.03. The lowest BCUT2D eigenvalue weighted by molar-refractivity contribution is -0.121. The summed E-state index contributed by atoms with van der Waals surface area (Å²) in [6.07, 6.45) is 3.30. The average molecular weight is 260 g/mol. The van der Waals surface area contributed by atoms with Crippen molar-refractivity contribution in [3.8, 4) is 0 Å². The van der Waals surface area contributed by atoms with E-state index in [9.17, 15) is 9.59 Å². The molecule has 19 heavy (non-hydrogen) atoms. The number of nitrogens with one attached hydrogen (secondary N) is 1. The van der Waals surface area contributed by atoms with Crippen LogP contribution in [0.25, 0.3) is 0 Å². The molecule has 1 aliphatic carbocycles. The van der Waals surface area contributed by atoms with Crippen molar-refractivity contribution in [2.45, 2.75) is 25.7 Å². The van der Waals surface area contributed by atoms with Crippen LogP contribution in [-0.2, 0) is 16.0 Å². The number of aryl methyl sites for hydroxylation is 1. The van der Waals surface area contributed by atoms with Gasteiger partial charge >= 0.3 is 0 Å². The smallest absolute Gasteiger partial charge is 0.251 e. The summed E-state index contributed by atoms with van der Waals surface area (Å²) in [7, 11) is 0. The minimum atomic E-state index is -0.101. The third-order valence-electron chi connectivity index (χ3n) is 3.68. The summed E-state index contributed by atoms with van der Waals surface area (Å²) in [5.41, 5.74) is 2.51. The van der Waals surface area contributed by atoms with Crippen molar-refractivity contribution in [3.05, 3.63) is 33.7 Å². The summed E-state index contributed by atoms with van der Waals surface area (Å²) >= 11 is 0. The van der Waals surface area contributed by atoms with Crippen molar-refractivity contribution in [1.82, 2.24) is 4.98 Å². The van der Waals surface area contributed by atoms with Crippen LogP contribution in [0.3, 0.4) is 0 Å². The predicted molar refractivity (Wildman–Crippen MR) is 70.5 cm³/mol.